The van der Waals surface area contributed by atoms with Crippen molar-refractivity contribution >= 4 is 23.3 Å². The van der Waals surface area contributed by atoms with Crippen molar-refractivity contribution in [2.24, 2.45) is 11.6 Å². The van der Waals surface area contributed by atoms with E-state index < -0.39 is 34.7 Å². The van der Waals surface area contributed by atoms with Crippen LogP contribution < -0.4 is 16.6 Å². The minimum absolute atomic E-state index is 0.115. The van der Waals surface area contributed by atoms with E-state index in [1.54, 1.807) is 13.8 Å². The number of hydrazine groups is 1. The van der Waals surface area contributed by atoms with Crippen LogP contribution in [0.2, 0.25) is 5.02 Å². The van der Waals surface area contributed by atoms with Gasteiger partial charge in [0.25, 0.3) is 5.91 Å². The maximum atomic E-state index is 13.5. The average molecular weight is 459 g/mol. The number of aromatic nitrogens is 2. The fourth-order valence-corrected chi connectivity index (χ4v) is 3.57. The number of alkyl halides is 3. The van der Waals surface area contributed by atoms with E-state index in [2.05, 4.69) is 9.97 Å². The zero-order valence-corrected chi connectivity index (χ0v) is 17.3. The lowest BCUT2D eigenvalue weighted by molar-refractivity contribution is -0.141. The Hall–Kier alpha value is -2.92. The first-order valence-electron chi connectivity index (χ1n) is 9.11. The van der Waals surface area contributed by atoms with Gasteiger partial charge in [-0.15, -0.1) is 0 Å². The molecule has 0 aliphatic carbocycles. The van der Waals surface area contributed by atoms with Crippen LogP contribution in [0.3, 0.4) is 0 Å². The summed E-state index contributed by atoms with van der Waals surface area (Å²) in [6.45, 7) is 3.29. The Morgan fingerprint density at radius 1 is 1.35 bits per heavy atom. The van der Waals surface area contributed by atoms with Gasteiger partial charge in [-0.1, -0.05) is 11.6 Å². The van der Waals surface area contributed by atoms with Crippen molar-refractivity contribution in [3.63, 3.8) is 0 Å². The summed E-state index contributed by atoms with van der Waals surface area (Å²) in [5.41, 5.74) is 5.58. The molecule has 31 heavy (non-hydrogen) atoms. The highest BCUT2D eigenvalue weighted by Gasteiger charge is 2.38. The topological polar surface area (TPSA) is 101 Å². The Balaban J connectivity index is 1.90. The van der Waals surface area contributed by atoms with Crippen LogP contribution in [0.5, 0.6) is 0 Å². The minimum atomic E-state index is -4.80. The smallest absolute Gasteiger partial charge is 0.399 e. The molecule has 0 spiro atoms. The van der Waals surface area contributed by atoms with E-state index in [0.29, 0.717) is 11.3 Å². The van der Waals surface area contributed by atoms with Crippen LogP contribution in [0.1, 0.15) is 35.0 Å². The number of aryl methyl sites for hydroxylation is 1. The maximum absolute atomic E-state index is 13.5. The molecule has 1 amide bonds. The van der Waals surface area contributed by atoms with Crippen molar-refractivity contribution < 1.29 is 22.4 Å². The van der Waals surface area contributed by atoms with Gasteiger partial charge in [0.2, 0.25) is 0 Å². The predicted molar refractivity (Wildman–Crippen MR) is 106 cm³/mol. The van der Waals surface area contributed by atoms with E-state index in [1.807, 2.05) is 0 Å². The number of nitrogens with zero attached hydrogens (tertiary/aromatic N) is 4. The summed E-state index contributed by atoms with van der Waals surface area (Å²) in [7, 11) is 0. The Kier molecular flexibility index (Phi) is 6.10. The van der Waals surface area contributed by atoms with Crippen LogP contribution in [0.4, 0.5) is 23.4 Å². The van der Waals surface area contributed by atoms with Crippen LogP contribution in [0, 0.1) is 12.7 Å². The predicted octanol–water partition coefficient (Wildman–Crippen LogP) is 3.38. The number of anilines is 1. The molecule has 0 aromatic carbocycles. The first-order valence-corrected chi connectivity index (χ1v) is 9.49. The lowest BCUT2D eigenvalue weighted by Crippen LogP contribution is -2.49. The van der Waals surface area contributed by atoms with Gasteiger partial charge >= 0.3 is 6.18 Å². The van der Waals surface area contributed by atoms with Crippen molar-refractivity contribution in [3.8, 4) is 0 Å². The minimum Gasteiger partial charge on any atom is -0.399 e. The summed E-state index contributed by atoms with van der Waals surface area (Å²) in [5.74, 6) is 5.18. The molecule has 1 atom stereocenters. The molecule has 0 saturated carbocycles. The summed E-state index contributed by atoms with van der Waals surface area (Å²) in [6, 6.07) is 1.89. The molecule has 7 nitrogen and oxygen atoms in total. The number of hydrogen-bond acceptors (Lipinski definition) is 6. The van der Waals surface area contributed by atoms with E-state index in [1.165, 1.54) is 16.0 Å². The number of amides is 1. The van der Waals surface area contributed by atoms with Crippen LogP contribution in [0.15, 0.2) is 35.9 Å². The Labute approximate surface area is 180 Å². The average Bonchev–Trinajstić information content (AvgIpc) is 2.70. The highest BCUT2D eigenvalue weighted by atomic mass is 35.5. The van der Waals surface area contributed by atoms with Crippen LogP contribution in [-0.2, 0) is 6.18 Å². The van der Waals surface area contributed by atoms with Gasteiger partial charge in [-0.3, -0.25) is 14.8 Å². The van der Waals surface area contributed by atoms with Crippen molar-refractivity contribution in [2.45, 2.75) is 32.5 Å². The SMILES string of the molecule is Cc1cc(N(N)C2=C(N)C(C)N(C(=O)c3ccnc(C(F)(F)F)c3Cl)CC2)ncc1F. The molecule has 4 N–H and O–H groups in total. The maximum Gasteiger partial charge on any atom is 0.434 e. The van der Waals surface area contributed by atoms with E-state index in [4.69, 9.17) is 23.2 Å². The zero-order valence-electron chi connectivity index (χ0n) is 16.5. The fraction of sp³-hybridized carbons (Fsp3) is 0.316. The molecular weight excluding hydrogens is 440 g/mol. The second-order valence-electron chi connectivity index (χ2n) is 7.01. The molecule has 0 radical (unpaired) electrons. The van der Waals surface area contributed by atoms with Gasteiger partial charge < -0.3 is 10.6 Å². The summed E-state index contributed by atoms with van der Waals surface area (Å²) in [5, 5.41) is 0.438. The number of rotatable bonds is 3. The second-order valence-corrected chi connectivity index (χ2v) is 7.39. The number of carbonyl (C=O) groups excluding carboxylic acids is 1. The fourth-order valence-electron chi connectivity index (χ4n) is 3.27. The van der Waals surface area contributed by atoms with Gasteiger partial charge in [-0.05, 0) is 31.5 Å². The Morgan fingerprint density at radius 2 is 2.03 bits per heavy atom. The quantitative estimate of drug-likeness (QED) is 0.415. The van der Waals surface area contributed by atoms with E-state index in [9.17, 15) is 22.4 Å². The van der Waals surface area contributed by atoms with Crippen molar-refractivity contribution in [3.05, 3.63) is 63.6 Å². The molecule has 0 bridgehead atoms. The van der Waals surface area contributed by atoms with Crippen LogP contribution >= 0.6 is 11.6 Å². The third-order valence-electron chi connectivity index (χ3n) is 5.06. The molecular formula is C19H19ClF4N6O. The molecule has 0 saturated heterocycles. The van der Waals surface area contributed by atoms with Gasteiger partial charge in [-0.2, -0.15) is 13.2 Å². The third kappa shape index (κ3) is 4.28. The Bertz CT molecular complexity index is 1060. The number of halogens is 5. The first kappa shape index (κ1) is 22.8. The standard InChI is InChI=1S/C19H19ClF4N6O/c1-9-7-14(28-8-12(9)21)30(26)13-4-6-29(10(2)16(13)25)18(31)11-3-5-27-17(15(11)20)19(22,23)24/h3,5,7-8,10H,4,6,25-26H2,1-2H3. The Morgan fingerprint density at radius 3 is 2.65 bits per heavy atom. The van der Waals surface area contributed by atoms with Crippen molar-refractivity contribution in [1.82, 2.24) is 14.9 Å². The molecule has 1 unspecified atom stereocenters. The molecule has 0 fully saturated rings. The lowest BCUT2D eigenvalue weighted by Gasteiger charge is -2.38. The lowest BCUT2D eigenvalue weighted by atomic mass is 10.0. The second kappa shape index (κ2) is 8.31. The van der Waals surface area contributed by atoms with Crippen LogP contribution in [0.25, 0.3) is 0 Å². The first-order chi connectivity index (χ1) is 14.4. The molecule has 12 heteroatoms. The number of carbonyl (C=O) groups is 1. The highest BCUT2D eigenvalue weighted by molar-refractivity contribution is 6.34. The largest absolute Gasteiger partial charge is 0.434 e. The highest BCUT2D eigenvalue weighted by Crippen LogP contribution is 2.35. The molecule has 1 aliphatic rings. The number of nitrogens with two attached hydrogens (primary N) is 2. The zero-order chi connectivity index (χ0) is 23.1. The summed E-state index contributed by atoms with van der Waals surface area (Å²) < 4.78 is 52.7. The van der Waals surface area contributed by atoms with Crippen molar-refractivity contribution in [1.29, 1.82) is 0 Å². The summed E-state index contributed by atoms with van der Waals surface area (Å²) in [6.07, 6.45) is -2.68. The van der Waals surface area contributed by atoms with Gasteiger partial charge in [0.15, 0.2) is 5.69 Å². The third-order valence-corrected chi connectivity index (χ3v) is 5.44. The molecule has 2 aromatic heterocycles. The van der Waals surface area contributed by atoms with Gasteiger partial charge in [0.1, 0.15) is 11.6 Å². The number of hydrogen-bond donors (Lipinski definition) is 2. The van der Waals surface area contributed by atoms with Gasteiger partial charge in [-0.25, -0.2) is 15.2 Å². The number of pyridine rings is 2. The van der Waals surface area contributed by atoms with E-state index in [-0.39, 0.29) is 30.0 Å². The monoisotopic (exact) mass is 458 g/mol. The summed E-state index contributed by atoms with van der Waals surface area (Å²) >= 11 is 5.84. The molecule has 2 aromatic rings. The molecule has 166 valence electrons. The van der Waals surface area contributed by atoms with Crippen molar-refractivity contribution in [2.75, 3.05) is 11.6 Å². The normalized spacial score (nSPS) is 17.2. The van der Waals surface area contributed by atoms with E-state index >= 15 is 0 Å². The van der Waals surface area contributed by atoms with Gasteiger partial charge in [0.05, 0.1) is 34.2 Å². The van der Waals surface area contributed by atoms with E-state index in [0.717, 1.165) is 18.5 Å². The van der Waals surface area contributed by atoms with Gasteiger partial charge in [0, 0.05) is 19.2 Å². The summed E-state index contributed by atoms with van der Waals surface area (Å²) in [4.78, 5) is 21.4. The molecule has 1 aliphatic heterocycles. The van der Waals surface area contributed by atoms with Crippen LogP contribution in [-0.4, -0.2) is 33.4 Å². The molecule has 3 heterocycles. The molecule has 3 rings (SSSR count).